The molecular weight excluding hydrogens is 1400 g/mol. The van der Waals surface area contributed by atoms with Gasteiger partial charge in [0.2, 0.25) is 0 Å². The highest BCUT2D eigenvalue weighted by Gasteiger charge is 2.30. The van der Waals surface area contributed by atoms with Gasteiger partial charge in [0.05, 0.1) is 26.4 Å². The second-order valence-electron chi connectivity index (χ2n) is 26.2. The summed E-state index contributed by atoms with van der Waals surface area (Å²) in [6.45, 7) is 4.32. The molecule has 0 bridgehead atoms. The summed E-state index contributed by atoms with van der Waals surface area (Å²) in [4.78, 5) is 73.1. The molecule has 0 saturated heterocycles. The van der Waals surface area contributed by atoms with Crippen LogP contribution in [0.2, 0.25) is 0 Å². The highest BCUT2D eigenvalue weighted by Crippen LogP contribution is 2.45. The third-order valence-corrected chi connectivity index (χ3v) is 17.9. The van der Waals surface area contributed by atoms with E-state index in [9.17, 15) is 43.2 Å². The summed E-state index contributed by atoms with van der Waals surface area (Å²) in [5.41, 5.74) is 0. The zero-order valence-corrected chi connectivity index (χ0v) is 68.5. The van der Waals surface area contributed by atoms with Gasteiger partial charge in [0.1, 0.15) is 19.3 Å². The van der Waals surface area contributed by atoms with Gasteiger partial charge in [-0.2, -0.15) is 0 Å². The standard InChI is InChI=1S/C89H142O17P2/c1-5-9-13-17-21-25-29-33-37-39-41-43-47-49-53-57-61-65-69-73-86(91)99-79-84(105-88(93)75-71-67-63-59-55-51-45-35-31-27-23-19-15-11-7-3)81-103-107(95,96)101-77-83(90)78-102-108(97,98)104-82-85(106-89(94)76-72-68-64-60-56-52-46-36-32-28-24-20-16-12-8-4)80-100-87(92)74-70-66-62-58-54-50-48-44-42-40-38-34-30-26-22-18-14-10-6-2/h9,11-13,15-16,21-28,33-38,41-46,49,53,56,60-61,65,83-85,90H,5-8,10,14,17-20,29-32,39-40,47-48,50-52,54-55,57-59,62-64,66-82H2,1-4H3,(H,95,96)(H,97,98)/b13-9-,15-11-,16-12-,25-21-,26-22-,27-23-,28-24-,37-33-,38-34-,43-41-,44-42-,45-35-,46-36-,53-49-,60-56-,65-61-. The van der Waals surface area contributed by atoms with E-state index in [1.165, 1.54) is 19.3 Å². The second kappa shape index (κ2) is 79.0. The number of phosphoric ester groups is 2. The first-order chi connectivity index (χ1) is 52.7. The lowest BCUT2D eigenvalue weighted by Crippen LogP contribution is -2.30. The smallest absolute Gasteiger partial charge is 0.462 e. The molecule has 0 aromatic carbocycles. The number of carbonyl (C=O) groups excluding carboxylic acids is 4. The predicted molar refractivity (Wildman–Crippen MR) is 445 cm³/mol. The summed E-state index contributed by atoms with van der Waals surface area (Å²) >= 11 is 0. The summed E-state index contributed by atoms with van der Waals surface area (Å²) in [5.74, 6) is -2.37. The van der Waals surface area contributed by atoms with Crippen LogP contribution in [-0.4, -0.2) is 96.7 Å². The van der Waals surface area contributed by atoms with E-state index in [1.54, 1.807) is 0 Å². The molecule has 5 atom stereocenters. The van der Waals surface area contributed by atoms with Gasteiger partial charge in [0.25, 0.3) is 0 Å². The lowest BCUT2D eigenvalue weighted by molar-refractivity contribution is -0.161. The molecule has 0 aromatic heterocycles. The highest BCUT2D eigenvalue weighted by molar-refractivity contribution is 7.47. The molecule has 0 aliphatic rings. The van der Waals surface area contributed by atoms with E-state index in [0.29, 0.717) is 38.5 Å². The average molecular weight is 1550 g/mol. The summed E-state index contributed by atoms with van der Waals surface area (Å²) in [7, 11) is -10.0. The Balaban J connectivity index is 5.50. The number of carbonyl (C=O) groups is 4. The van der Waals surface area contributed by atoms with Gasteiger partial charge in [-0.3, -0.25) is 37.3 Å². The normalized spacial score (nSPS) is 14.8. The van der Waals surface area contributed by atoms with Crippen LogP contribution in [0.4, 0.5) is 0 Å². The lowest BCUT2D eigenvalue weighted by Gasteiger charge is -2.21. The van der Waals surface area contributed by atoms with Gasteiger partial charge in [-0.1, -0.05) is 280 Å². The molecule has 0 spiro atoms. The fraction of sp³-hybridized carbons (Fsp3) is 0.596. The summed E-state index contributed by atoms with van der Waals surface area (Å²) < 4.78 is 68.5. The number of unbranched alkanes of at least 4 members (excludes halogenated alkanes) is 16. The van der Waals surface area contributed by atoms with Crippen molar-refractivity contribution >= 4 is 39.5 Å². The van der Waals surface area contributed by atoms with Crippen molar-refractivity contribution in [2.75, 3.05) is 39.6 Å². The first-order valence-corrected chi connectivity index (χ1v) is 43.7. The lowest BCUT2D eigenvalue weighted by atomic mass is 10.1. The van der Waals surface area contributed by atoms with Gasteiger partial charge < -0.3 is 33.8 Å². The Bertz CT molecular complexity index is 2810. The highest BCUT2D eigenvalue weighted by atomic mass is 31.2. The molecule has 0 fully saturated rings. The molecule has 0 aliphatic carbocycles. The third-order valence-electron chi connectivity index (χ3n) is 16.0. The predicted octanol–water partition coefficient (Wildman–Crippen LogP) is 24.1. The van der Waals surface area contributed by atoms with E-state index < -0.39 is 97.5 Å². The number of phosphoric acid groups is 2. The fourth-order valence-electron chi connectivity index (χ4n) is 9.96. The summed E-state index contributed by atoms with van der Waals surface area (Å²) in [5, 5.41) is 10.7. The van der Waals surface area contributed by atoms with Crippen LogP contribution in [0.25, 0.3) is 0 Å². The molecule has 0 aromatic rings. The zero-order chi connectivity index (χ0) is 78.9. The number of aliphatic hydroxyl groups excluding tert-OH is 1. The van der Waals surface area contributed by atoms with E-state index in [-0.39, 0.29) is 25.7 Å². The molecule has 0 heterocycles. The van der Waals surface area contributed by atoms with Crippen LogP contribution in [-0.2, 0) is 65.4 Å². The Hall–Kier alpha value is -6.10. The van der Waals surface area contributed by atoms with Crippen molar-refractivity contribution < 1.29 is 80.2 Å². The Morgan fingerprint density at radius 3 is 0.815 bits per heavy atom. The number of hydrogen-bond donors (Lipinski definition) is 3. The van der Waals surface area contributed by atoms with Crippen LogP contribution < -0.4 is 0 Å². The first-order valence-electron chi connectivity index (χ1n) is 40.7. The number of rotatable bonds is 74. The quantitative estimate of drug-likeness (QED) is 0.0169. The Labute approximate surface area is 653 Å². The molecule has 0 amide bonds. The largest absolute Gasteiger partial charge is 0.472 e. The molecule has 3 N–H and O–H groups in total. The van der Waals surface area contributed by atoms with Gasteiger partial charge in [0.15, 0.2) is 12.2 Å². The Morgan fingerprint density at radius 2 is 0.500 bits per heavy atom. The minimum atomic E-state index is -5.01. The summed E-state index contributed by atoms with van der Waals surface area (Å²) in [6.07, 6.45) is 97.1. The molecule has 0 saturated carbocycles. The maximum Gasteiger partial charge on any atom is 0.472 e. The van der Waals surface area contributed by atoms with Crippen molar-refractivity contribution in [1.29, 1.82) is 0 Å². The van der Waals surface area contributed by atoms with Crippen LogP contribution in [0.15, 0.2) is 194 Å². The Morgan fingerprint density at radius 1 is 0.269 bits per heavy atom. The van der Waals surface area contributed by atoms with Crippen molar-refractivity contribution in [3.63, 3.8) is 0 Å². The van der Waals surface area contributed by atoms with Crippen molar-refractivity contribution in [1.82, 2.24) is 0 Å². The molecule has 0 radical (unpaired) electrons. The molecular formula is C89H142O17P2. The minimum Gasteiger partial charge on any atom is -0.462 e. The van der Waals surface area contributed by atoms with E-state index >= 15 is 0 Å². The second-order valence-corrected chi connectivity index (χ2v) is 29.1. The van der Waals surface area contributed by atoms with Gasteiger partial charge in [-0.25, -0.2) is 9.13 Å². The van der Waals surface area contributed by atoms with Crippen LogP contribution in [0.5, 0.6) is 0 Å². The van der Waals surface area contributed by atoms with Gasteiger partial charge in [0, 0.05) is 25.7 Å². The Kier molecular flexibility index (Phi) is 74.5. The minimum absolute atomic E-state index is 0.0235. The number of allylic oxidation sites excluding steroid dienone is 32. The zero-order valence-electron chi connectivity index (χ0n) is 66.7. The molecule has 0 rings (SSSR count). The fourth-order valence-corrected chi connectivity index (χ4v) is 11.5. The molecule has 0 aliphatic heterocycles. The first kappa shape index (κ1) is 102. The van der Waals surface area contributed by atoms with E-state index in [0.717, 1.165) is 173 Å². The van der Waals surface area contributed by atoms with Gasteiger partial charge in [-0.15, -0.1) is 0 Å². The van der Waals surface area contributed by atoms with Crippen LogP contribution >= 0.6 is 15.6 Å². The van der Waals surface area contributed by atoms with Crippen LogP contribution in [0.1, 0.15) is 285 Å². The average Bonchev–Trinajstić information content (AvgIpc) is 0.923. The molecule has 610 valence electrons. The maximum absolute atomic E-state index is 13.1. The summed E-state index contributed by atoms with van der Waals surface area (Å²) in [6, 6.07) is 0. The molecule has 5 unspecified atom stereocenters. The number of hydrogen-bond acceptors (Lipinski definition) is 15. The van der Waals surface area contributed by atoms with Crippen molar-refractivity contribution in [2.45, 2.75) is 303 Å². The van der Waals surface area contributed by atoms with E-state index in [1.807, 2.05) is 18.2 Å². The molecule has 108 heavy (non-hydrogen) atoms. The van der Waals surface area contributed by atoms with Crippen molar-refractivity contribution in [3.8, 4) is 0 Å². The SMILES string of the molecule is CC/C=C\C/C=C\C/C=C\C/C=C\C/C=C\C/C=C\CCC(=O)OCC(COP(=O)(O)OCC(O)COP(=O)(O)OCC(COC(=O)CCCCCCCC/C=C\C/C=C\C/C=C\CCCCC)OC(=O)CCCC/C=C\C/C=C\C/C=C\C/C=C\CC)OC(=O)CCCCCCC/C=C\C/C=C\C/C=C\CC. The van der Waals surface area contributed by atoms with Gasteiger partial charge >= 0.3 is 39.5 Å². The number of aliphatic hydroxyl groups is 1. The third kappa shape index (κ3) is 78.0. The number of esters is 4. The van der Waals surface area contributed by atoms with Crippen molar-refractivity contribution in [3.05, 3.63) is 194 Å². The molecule has 17 nitrogen and oxygen atoms in total. The maximum atomic E-state index is 13.1. The van der Waals surface area contributed by atoms with Crippen molar-refractivity contribution in [2.24, 2.45) is 0 Å². The monoisotopic (exact) mass is 1540 g/mol. The topological polar surface area (TPSA) is 237 Å². The molecule has 19 heteroatoms. The van der Waals surface area contributed by atoms with E-state index in [4.69, 9.17) is 37.0 Å². The number of ether oxygens (including phenoxy) is 4. The van der Waals surface area contributed by atoms with Crippen LogP contribution in [0, 0.1) is 0 Å². The van der Waals surface area contributed by atoms with Gasteiger partial charge in [-0.05, 0) is 173 Å². The van der Waals surface area contributed by atoms with Crippen LogP contribution in [0.3, 0.4) is 0 Å². The van der Waals surface area contributed by atoms with E-state index in [2.05, 4.69) is 204 Å².